The van der Waals surface area contributed by atoms with E-state index in [4.69, 9.17) is 6.58 Å². The van der Waals surface area contributed by atoms with Crippen LogP contribution in [0.25, 0.3) is 0 Å². The van der Waals surface area contributed by atoms with Crippen molar-refractivity contribution in [1.82, 2.24) is 0 Å². The molecular formula is C30H59. The van der Waals surface area contributed by atoms with Crippen LogP contribution < -0.4 is 0 Å². The van der Waals surface area contributed by atoms with Crippen LogP contribution in [0, 0.1) is 6.58 Å². The van der Waals surface area contributed by atoms with Crippen LogP contribution in [0.15, 0.2) is 5.57 Å². The third kappa shape index (κ3) is 25.8. The summed E-state index contributed by atoms with van der Waals surface area (Å²) >= 11 is 0. The van der Waals surface area contributed by atoms with E-state index in [-0.39, 0.29) is 0 Å². The van der Waals surface area contributed by atoms with Crippen LogP contribution in [0.2, 0.25) is 0 Å². The lowest BCUT2D eigenvalue weighted by atomic mass is 10.00. The Hall–Kier alpha value is -0.260. The lowest BCUT2D eigenvalue weighted by molar-refractivity contribution is 0.537. The maximum absolute atomic E-state index is 6.25. The smallest absolute Gasteiger partial charge is 0.0317 e. The molecule has 30 heavy (non-hydrogen) atoms. The van der Waals surface area contributed by atoms with Crippen molar-refractivity contribution in [3.8, 4) is 0 Å². The van der Waals surface area contributed by atoms with Crippen LogP contribution in [0.4, 0.5) is 0 Å². The van der Waals surface area contributed by atoms with Gasteiger partial charge in [-0.15, -0.1) is 0 Å². The van der Waals surface area contributed by atoms with Gasteiger partial charge in [0.05, 0.1) is 0 Å². The molecule has 179 valence electrons. The molecule has 0 aliphatic carbocycles. The standard InChI is InChI=1S/C30H59/c1-4-6-8-10-12-14-16-18-20-22-24-26-28-30(3)29-27-25-23-21-19-17-15-13-11-9-7-5-2/h3H,4-29H2,1-2H3. The van der Waals surface area contributed by atoms with Crippen molar-refractivity contribution in [3.63, 3.8) is 0 Å². The van der Waals surface area contributed by atoms with Crippen molar-refractivity contribution in [2.45, 2.75) is 181 Å². The molecule has 0 aromatic carbocycles. The van der Waals surface area contributed by atoms with Crippen molar-refractivity contribution < 1.29 is 0 Å². The first kappa shape index (κ1) is 29.7. The van der Waals surface area contributed by atoms with Crippen molar-refractivity contribution >= 4 is 0 Å². The monoisotopic (exact) mass is 419 g/mol. The zero-order valence-electron chi connectivity index (χ0n) is 21.5. The Morgan fingerprint density at radius 1 is 0.333 bits per heavy atom. The molecule has 0 unspecified atom stereocenters. The van der Waals surface area contributed by atoms with Gasteiger partial charge in [-0.05, 0) is 25.7 Å². The van der Waals surface area contributed by atoms with E-state index >= 15 is 0 Å². The fourth-order valence-corrected chi connectivity index (χ4v) is 4.51. The molecule has 0 nitrogen and oxygen atoms in total. The Balaban J connectivity index is 3.14. The van der Waals surface area contributed by atoms with Crippen molar-refractivity contribution in [2.24, 2.45) is 0 Å². The highest BCUT2D eigenvalue weighted by molar-refractivity contribution is 4.90. The van der Waals surface area contributed by atoms with Gasteiger partial charge in [0.15, 0.2) is 0 Å². The van der Waals surface area contributed by atoms with Crippen LogP contribution in [-0.4, -0.2) is 0 Å². The first-order chi connectivity index (χ1) is 14.8. The summed E-state index contributed by atoms with van der Waals surface area (Å²) in [5, 5.41) is 0. The molecule has 1 radical (unpaired) electrons. The summed E-state index contributed by atoms with van der Waals surface area (Å²) in [5.41, 5.74) is 1.27. The molecule has 0 aromatic heterocycles. The fraction of sp³-hybridized carbons (Fsp3) is 0.933. The summed E-state index contributed by atoms with van der Waals surface area (Å²) in [6.45, 7) is 10.8. The van der Waals surface area contributed by atoms with E-state index in [1.54, 1.807) is 0 Å². The Kier molecular flexibility index (Phi) is 26.5. The van der Waals surface area contributed by atoms with Crippen LogP contribution in [0.3, 0.4) is 0 Å². The van der Waals surface area contributed by atoms with Crippen LogP contribution in [-0.2, 0) is 0 Å². The quantitative estimate of drug-likeness (QED) is 0.122. The molecule has 0 fully saturated rings. The second kappa shape index (κ2) is 26.8. The molecular weight excluding hydrogens is 360 g/mol. The largest absolute Gasteiger partial charge is 0.0702 e. The van der Waals surface area contributed by atoms with Gasteiger partial charge in [-0.1, -0.05) is 167 Å². The molecule has 0 saturated heterocycles. The predicted molar refractivity (Wildman–Crippen MR) is 139 cm³/mol. The van der Waals surface area contributed by atoms with E-state index in [0.717, 1.165) is 0 Å². The van der Waals surface area contributed by atoms with Gasteiger partial charge in [-0.25, -0.2) is 0 Å². The van der Waals surface area contributed by atoms with E-state index in [0.29, 0.717) is 0 Å². The SMILES string of the molecule is [CH]=C(CCCCCCCCCCCCCC)CCCCCCCCCCCCCC. The van der Waals surface area contributed by atoms with E-state index < -0.39 is 0 Å². The summed E-state index contributed by atoms with van der Waals surface area (Å²) in [5.74, 6) is 0. The molecule has 0 heterocycles. The van der Waals surface area contributed by atoms with Gasteiger partial charge < -0.3 is 0 Å². The molecule has 0 aromatic rings. The van der Waals surface area contributed by atoms with E-state index in [1.165, 1.54) is 173 Å². The van der Waals surface area contributed by atoms with Crippen LogP contribution >= 0.6 is 0 Å². The first-order valence-corrected chi connectivity index (χ1v) is 14.4. The molecule has 0 N–H and O–H groups in total. The van der Waals surface area contributed by atoms with Gasteiger partial charge >= 0.3 is 0 Å². The molecule has 0 rings (SSSR count). The highest BCUT2D eigenvalue weighted by Gasteiger charge is 1.98. The molecule has 0 aliphatic rings. The van der Waals surface area contributed by atoms with Gasteiger partial charge in [-0.3, -0.25) is 0 Å². The average molecular weight is 420 g/mol. The van der Waals surface area contributed by atoms with Crippen molar-refractivity contribution in [3.05, 3.63) is 12.2 Å². The number of rotatable bonds is 26. The van der Waals surface area contributed by atoms with Gasteiger partial charge in [0.1, 0.15) is 0 Å². The molecule has 0 heteroatoms. The predicted octanol–water partition coefficient (Wildman–Crippen LogP) is 11.5. The molecule has 0 spiro atoms. The Morgan fingerprint density at radius 2 is 0.533 bits per heavy atom. The Labute approximate surface area is 193 Å². The van der Waals surface area contributed by atoms with E-state index in [2.05, 4.69) is 13.8 Å². The summed E-state index contributed by atoms with van der Waals surface area (Å²) < 4.78 is 0. The number of hydrogen-bond acceptors (Lipinski definition) is 0. The van der Waals surface area contributed by atoms with Crippen molar-refractivity contribution in [2.75, 3.05) is 0 Å². The fourth-order valence-electron chi connectivity index (χ4n) is 4.51. The van der Waals surface area contributed by atoms with E-state index in [9.17, 15) is 0 Å². The highest BCUT2D eigenvalue weighted by Crippen LogP contribution is 2.18. The van der Waals surface area contributed by atoms with Crippen LogP contribution in [0.5, 0.6) is 0 Å². The van der Waals surface area contributed by atoms with E-state index in [1.807, 2.05) is 0 Å². The van der Waals surface area contributed by atoms with Crippen LogP contribution in [0.1, 0.15) is 181 Å². The lowest BCUT2D eigenvalue weighted by Gasteiger charge is -2.06. The van der Waals surface area contributed by atoms with Gasteiger partial charge in [0, 0.05) is 0 Å². The zero-order chi connectivity index (χ0) is 22.0. The van der Waals surface area contributed by atoms with Crippen molar-refractivity contribution in [1.29, 1.82) is 0 Å². The molecule has 0 amide bonds. The summed E-state index contributed by atoms with van der Waals surface area (Å²) in [7, 11) is 0. The Bertz CT molecular complexity index is 286. The summed E-state index contributed by atoms with van der Waals surface area (Å²) in [6, 6.07) is 0. The second-order valence-corrected chi connectivity index (χ2v) is 9.94. The average Bonchev–Trinajstić information content (AvgIpc) is 2.75. The molecule has 0 saturated carbocycles. The van der Waals surface area contributed by atoms with Gasteiger partial charge in [0.25, 0.3) is 0 Å². The normalized spacial score (nSPS) is 11.3. The number of hydrogen-bond donors (Lipinski definition) is 0. The van der Waals surface area contributed by atoms with Gasteiger partial charge in [0.2, 0.25) is 0 Å². The third-order valence-corrected chi connectivity index (χ3v) is 6.70. The molecule has 0 aliphatic heterocycles. The Morgan fingerprint density at radius 3 is 0.767 bits per heavy atom. The second-order valence-electron chi connectivity index (χ2n) is 9.94. The minimum Gasteiger partial charge on any atom is -0.0702 e. The molecule has 0 bridgehead atoms. The topological polar surface area (TPSA) is 0 Å². The minimum absolute atomic E-state index is 1.18. The lowest BCUT2D eigenvalue weighted by Crippen LogP contribution is -1.87. The number of allylic oxidation sites excluding steroid dienone is 1. The summed E-state index contributed by atoms with van der Waals surface area (Å²) in [4.78, 5) is 0. The summed E-state index contributed by atoms with van der Waals surface area (Å²) in [6.07, 6.45) is 36.6. The third-order valence-electron chi connectivity index (χ3n) is 6.70. The first-order valence-electron chi connectivity index (χ1n) is 14.4. The maximum atomic E-state index is 6.25. The zero-order valence-corrected chi connectivity index (χ0v) is 21.5. The number of unbranched alkanes of at least 4 members (excludes halogenated alkanes) is 22. The minimum atomic E-state index is 1.18. The molecule has 0 atom stereocenters. The maximum Gasteiger partial charge on any atom is -0.0317 e. The highest BCUT2D eigenvalue weighted by atomic mass is 14.0. The van der Waals surface area contributed by atoms with Gasteiger partial charge in [-0.2, -0.15) is 0 Å².